The van der Waals surface area contributed by atoms with Gasteiger partial charge in [0.1, 0.15) is 17.4 Å². The Kier molecular flexibility index (Phi) is 9.93. The molecule has 4 rings (SSSR count). The van der Waals surface area contributed by atoms with Gasteiger partial charge in [0.05, 0.1) is 12.6 Å². The SMILES string of the molecule is CN[C@H](CC[C@@H]1CCN(CCSc2cc(F)ccc2F)C[C@@H]1CC(=O)O)c1ccnc2ccc(OC)cc12. The van der Waals surface area contributed by atoms with Gasteiger partial charge in [0.15, 0.2) is 0 Å². The van der Waals surface area contributed by atoms with Crippen LogP contribution in [0.1, 0.15) is 37.3 Å². The summed E-state index contributed by atoms with van der Waals surface area (Å²) in [5, 5.41) is 14.1. The van der Waals surface area contributed by atoms with Gasteiger partial charge in [-0.25, -0.2) is 8.78 Å². The number of benzene rings is 2. The van der Waals surface area contributed by atoms with E-state index >= 15 is 0 Å². The highest BCUT2D eigenvalue weighted by Crippen LogP contribution is 2.35. The number of nitrogens with zero attached hydrogens (tertiary/aromatic N) is 2. The van der Waals surface area contributed by atoms with E-state index in [1.807, 2.05) is 37.5 Å². The number of halogens is 2. The van der Waals surface area contributed by atoms with Crippen LogP contribution in [-0.4, -0.2) is 60.5 Å². The number of carboxylic acids is 1. The van der Waals surface area contributed by atoms with Crippen molar-refractivity contribution in [1.82, 2.24) is 15.2 Å². The highest BCUT2D eigenvalue weighted by molar-refractivity contribution is 7.99. The lowest BCUT2D eigenvalue weighted by Crippen LogP contribution is -2.42. The van der Waals surface area contributed by atoms with Gasteiger partial charge in [0.25, 0.3) is 0 Å². The van der Waals surface area contributed by atoms with E-state index in [1.165, 1.54) is 17.8 Å². The second-order valence-corrected chi connectivity index (χ2v) is 11.0. The predicted molar refractivity (Wildman–Crippen MR) is 147 cm³/mol. The maximum Gasteiger partial charge on any atom is 0.303 e. The van der Waals surface area contributed by atoms with Gasteiger partial charge >= 0.3 is 5.97 Å². The zero-order chi connectivity index (χ0) is 27.1. The summed E-state index contributed by atoms with van der Waals surface area (Å²) < 4.78 is 32.8. The fourth-order valence-corrected chi connectivity index (χ4v) is 6.45. The molecule has 38 heavy (non-hydrogen) atoms. The Morgan fingerprint density at radius 1 is 1.24 bits per heavy atom. The molecule has 2 heterocycles. The number of pyridine rings is 1. The van der Waals surface area contributed by atoms with Crippen molar-refractivity contribution in [3.05, 3.63) is 65.9 Å². The molecule has 1 saturated heterocycles. The zero-order valence-corrected chi connectivity index (χ0v) is 22.6. The quantitative estimate of drug-likeness (QED) is 0.281. The topological polar surface area (TPSA) is 74.7 Å². The first-order valence-electron chi connectivity index (χ1n) is 13.0. The number of piperidine rings is 1. The third kappa shape index (κ3) is 7.21. The van der Waals surface area contributed by atoms with Gasteiger partial charge in [-0.2, -0.15) is 0 Å². The van der Waals surface area contributed by atoms with Gasteiger partial charge in [0, 0.05) is 47.8 Å². The number of aromatic nitrogens is 1. The van der Waals surface area contributed by atoms with Crippen LogP contribution in [0.3, 0.4) is 0 Å². The number of nitrogens with one attached hydrogen (secondary N) is 1. The van der Waals surface area contributed by atoms with E-state index in [9.17, 15) is 18.7 Å². The molecule has 204 valence electrons. The van der Waals surface area contributed by atoms with Gasteiger partial charge in [-0.1, -0.05) is 0 Å². The van der Waals surface area contributed by atoms with Crippen LogP contribution in [0, 0.1) is 23.5 Å². The van der Waals surface area contributed by atoms with Gasteiger partial charge < -0.3 is 20.1 Å². The molecule has 0 radical (unpaired) electrons. The number of aliphatic carboxylic acids is 1. The van der Waals surface area contributed by atoms with E-state index in [4.69, 9.17) is 4.74 Å². The Hall–Kier alpha value is -2.75. The maximum absolute atomic E-state index is 13.9. The van der Waals surface area contributed by atoms with Crippen molar-refractivity contribution >= 4 is 28.6 Å². The molecule has 1 fully saturated rings. The Morgan fingerprint density at radius 2 is 2.08 bits per heavy atom. The van der Waals surface area contributed by atoms with Crippen molar-refractivity contribution < 1.29 is 23.4 Å². The summed E-state index contributed by atoms with van der Waals surface area (Å²) >= 11 is 1.29. The van der Waals surface area contributed by atoms with Crippen LogP contribution in [0.15, 0.2) is 53.6 Å². The summed E-state index contributed by atoms with van der Waals surface area (Å²) in [7, 11) is 3.60. The van der Waals surface area contributed by atoms with E-state index < -0.39 is 17.6 Å². The molecule has 0 unspecified atom stereocenters. The predicted octanol–water partition coefficient (Wildman–Crippen LogP) is 5.77. The van der Waals surface area contributed by atoms with Crippen LogP contribution in [0.5, 0.6) is 5.75 Å². The van der Waals surface area contributed by atoms with E-state index in [-0.39, 0.29) is 18.4 Å². The summed E-state index contributed by atoms with van der Waals surface area (Å²) in [6.07, 6.45) is 4.66. The average Bonchev–Trinajstić information content (AvgIpc) is 2.91. The lowest BCUT2D eigenvalue weighted by Gasteiger charge is -2.38. The molecular formula is C29H35F2N3O3S. The minimum absolute atomic E-state index is 0.0453. The Labute approximate surface area is 226 Å². The van der Waals surface area contributed by atoms with Crippen molar-refractivity contribution in [3.63, 3.8) is 0 Å². The summed E-state index contributed by atoms with van der Waals surface area (Å²) in [6.45, 7) is 2.27. The molecule has 3 atom stereocenters. The Morgan fingerprint density at radius 3 is 2.84 bits per heavy atom. The minimum Gasteiger partial charge on any atom is -0.497 e. The molecule has 2 N–H and O–H groups in total. The molecule has 0 amide bonds. The molecule has 1 aliphatic rings. The Bertz CT molecular complexity index is 1240. The molecule has 2 aromatic carbocycles. The van der Waals surface area contributed by atoms with Crippen LogP contribution in [0.2, 0.25) is 0 Å². The molecule has 3 aromatic rings. The van der Waals surface area contributed by atoms with Crippen molar-refractivity contribution in [1.29, 1.82) is 0 Å². The number of ether oxygens (including phenoxy) is 1. The number of hydrogen-bond acceptors (Lipinski definition) is 6. The minimum atomic E-state index is -0.782. The first-order valence-corrected chi connectivity index (χ1v) is 14.0. The van der Waals surface area contributed by atoms with Gasteiger partial charge in [-0.05, 0) is 92.7 Å². The number of hydrogen-bond donors (Lipinski definition) is 2. The lowest BCUT2D eigenvalue weighted by molar-refractivity contribution is -0.139. The molecular weight excluding hydrogens is 508 g/mol. The third-order valence-electron chi connectivity index (χ3n) is 7.50. The van der Waals surface area contributed by atoms with Crippen molar-refractivity contribution in [2.24, 2.45) is 11.8 Å². The summed E-state index contributed by atoms with van der Waals surface area (Å²) in [4.78, 5) is 18.7. The summed E-state index contributed by atoms with van der Waals surface area (Å²) in [6, 6.07) is 11.5. The van der Waals surface area contributed by atoms with Gasteiger partial charge in [-0.15, -0.1) is 11.8 Å². The highest BCUT2D eigenvalue weighted by atomic mass is 32.2. The normalized spacial score (nSPS) is 18.9. The molecule has 0 bridgehead atoms. The van der Waals surface area contributed by atoms with E-state index in [0.29, 0.717) is 29.7 Å². The molecule has 0 aliphatic carbocycles. The third-order valence-corrected chi connectivity index (χ3v) is 8.51. The van der Waals surface area contributed by atoms with Crippen LogP contribution in [0.25, 0.3) is 10.9 Å². The van der Waals surface area contributed by atoms with E-state index in [0.717, 1.165) is 60.2 Å². The monoisotopic (exact) mass is 543 g/mol. The standard InChI is InChI=1S/C29H35F2N3O3S/c1-32-26(23-9-11-33-27-8-5-22(37-2)17-24(23)27)7-3-19-10-12-34(18-20(19)15-29(35)36)13-14-38-28-16-21(30)4-6-25(28)31/h4-6,8-9,11,16-17,19-20,26,32H,3,7,10,12-15,18H2,1-2H3,(H,35,36)/t19-,20+,26-/m1/s1. The molecule has 1 aromatic heterocycles. The van der Waals surface area contributed by atoms with Crippen LogP contribution >= 0.6 is 11.8 Å². The molecule has 0 spiro atoms. The molecule has 1 aliphatic heterocycles. The zero-order valence-electron chi connectivity index (χ0n) is 21.8. The molecule has 9 heteroatoms. The maximum atomic E-state index is 13.9. The van der Waals surface area contributed by atoms with Gasteiger partial charge in [-0.3, -0.25) is 9.78 Å². The van der Waals surface area contributed by atoms with Crippen molar-refractivity contribution in [2.45, 2.75) is 36.6 Å². The van der Waals surface area contributed by atoms with E-state index in [1.54, 1.807) is 7.11 Å². The number of rotatable bonds is 12. The fourth-order valence-electron chi connectivity index (χ4n) is 5.48. The number of likely N-dealkylation sites (tertiary alicyclic amines) is 1. The first-order chi connectivity index (χ1) is 18.4. The number of fused-ring (bicyclic) bond motifs is 1. The van der Waals surface area contributed by atoms with Crippen molar-refractivity contribution in [2.75, 3.05) is 39.5 Å². The summed E-state index contributed by atoms with van der Waals surface area (Å²) in [5.41, 5.74) is 2.07. The fraction of sp³-hybridized carbons (Fsp3) is 0.448. The van der Waals surface area contributed by atoms with Gasteiger partial charge in [0.2, 0.25) is 0 Å². The first kappa shape index (κ1) is 28.3. The van der Waals surface area contributed by atoms with Crippen LogP contribution < -0.4 is 10.1 Å². The number of carboxylic acid groups (broad SMARTS) is 1. The Balaban J connectivity index is 1.38. The van der Waals surface area contributed by atoms with Crippen molar-refractivity contribution in [3.8, 4) is 5.75 Å². The number of carbonyl (C=O) groups is 1. The highest BCUT2D eigenvalue weighted by Gasteiger charge is 2.31. The second-order valence-electron chi connectivity index (χ2n) is 9.83. The average molecular weight is 544 g/mol. The smallest absolute Gasteiger partial charge is 0.303 e. The molecule has 0 saturated carbocycles. The molecule has 6 nitrogen and oxygen atoms in total. The second kappa shape index (κ2) is 13.4. The largest absolute Gasteiger partial charge is 0.497 e. The van der Waals surface area contributed by atoms with Crippen LogP contribution in [0.4, 0.5) is 8.78 Å². The lowest BCUT2D eigenvalue weighted by atomic mass is 9.79. The van der Waals surface area contributed by atoms with Crippen LogP contribution in [-0.2, 0) is 4.79 Å². The number of thioether (sulfide) groups is 1. The summed E-state index contributed by atoms with van der Waals surface area (Å²) in [5.74, 6) is 0.0985. The number of methoxy groups -OCH3 is 1. The van der Waals surface area contributed by atoms with E-state index in [2.05, 4.69) is 15.2 Å².